The van der Waals surface area contributed by atoms with Gasteiger partial charge in [-0.15, -0.1) is 0 Å². The molecule has 2 atom stereocenters. The molecule has 0 heteroatoms. The largest absolute Gasteiger partial charge is 0.0958 e. The van der Waals surface area contributed by atoms with Crippen molar-refractivity contribution < 1.29 is 0 Å². The first-order valence-electron chi connectivity index (χ1n) is 6.30. The van der Waals surface area contributed by atoms with E-state index in [0.29, 0.717) is 10.8 Å². The van der Waals surface area contributed by atoms with Crippen molar-refractivity contribution in [2.75, 3.05) is 0 Å². The lowest BCUT2D eigenvalue weighted by molar-refractivity contribution is 0.0306. The predicted molar refractivity (Wildman–Crippen MR) is 66.7 cm³/mol. The zero-order valence-electron chi connectivity index (χ0n) is 10.5. The second kappa shape index (κ2) is 3.50. The summed E-state index contributed by atoms with van der Waals surface area (Å²) in [5.41, 5.74) is 2.33. The molecule has 0 aromatic rings. The van der Waals surface area contributed by atoms with Crippen LogP contribution in [0.3, 0.4) is 0 Å². The molecule has 0 spiro atoms. The van der Waals surface area contributed by atoms with Gasteiger partial charge in [-0.05, 0) is 42.4 Å². The van der Waals surface area contributed by atoms with E-state index in [4.69, 9.17) is 0 Å². The Morgan fingerprint density at radius 3 is 2.67 bits per heavy atom. The Morgan fingerprint density at radius 2 is 1.93 bits per heavy atom. The third-order valence-corrected chi connectivity index (χ3v) is 4.70. The van der Waals surface area contributed by atoms with Crippen LogP contribution in [-0.2, 0) is 0 Å². The van der Waals surface area contributed by atoms with E-state index in [-0.39, 0.29) is 0 Å². The Balaban J connectivity index is 2.34. The van der Waals surface area contributed by atoms with Gasteiger partial charge in [0.15, 0.2) is 0 Å². The van der Waals surface area contributed by atoms with Crippen molar-refractivity contribution in [3.8, 4) is 0 Å². The first kappa shape index (κ1) is 11.0. The van der Waals surface area contributed by atoms with Gasteiger partial charge in [-0.3, -0.25) is 0 Å². The Kier molecular flexibility index (Phi) is 2.56. The summed E-state index contributed by atoms with van der Waals surface area (Å²) >= 11 is 0. The lowest BCUT2D eigenvalue weighted by Gasteiger charge is -2.49. The quantitative estimate of drug-likeness (QED) is 0.535. The molecule has 1 saturated carbocycles. The minimum absolute atomic E-state index is 0.480. The van der Waals surface area contributed by atoms with E-state index in [0.717, 1.165) is 5.92 Å². The van der Waals surface area contributed by atoms with Crippen LogP contribution in [0, 0.1) is 16.7 Å². The topological polar surface area (TPSA) is 0 Å². The van der Waals surface area contributed by atoms with Crippen molar-refractivity contribution in [1.82, 2.24) is 0 Å². The van der Waals surface area contributed by atoms with Gasteiger partial charge in [0.2, 0.25) is 0 Å². The standard InChI is InChI=1S/C15H24/c1-12-6-7-13-14(2,3)9-5-10-15(13,4)11-8-12/h6-7,13H,1,5,8-11H2,2-4H3. The van der Waals surface area contributed by atoms with E-state index < -0.39 is 0 Å². The van der Waals surface area contributed by atoms with E-state index in [9.17, 15) is 0 Å². The van der Waals surface area contributed by atoms with Crippen LogP contribution in [0.2, 0.25) is 0 Å². The molecule has 2 rings (SSSR count). The Hall–Kier alpha value is -0.520. The monoisotopic (exact) mass is 204 g/mol. The summed E-state index contributed by atoms with van der Waals surface area (Å²) < 4.78 is 0. The first-order valence-corrected chi connectivity index (χ1v) is 6.30. The summed E-state index contributed by atoms with van der Waals surface area (Å²) in [6, 6.07) is 0. The number of hydrogen-bond donors (Lipinski definition) is 0. The molecule has 84 valence electrons. The zero-order chi connectivity index (χ0) is 11.1. The van der Waals surface area contributed by atoms with E-state index >= 15 is 0 Å². The molecular weight excluding hydrogens is 180 g/mol. The van der Waals surface area contributed by atoms with E-state index in [1.54, 1.807) is 0 Å². The maximum absolute atomic E-state index is 4.12. The molecule has 2 aliphatic rings. The van der Waals surface area contributed by atoms with Gasteiger partial charge in [-0.2, -0.15) is 0 Å². The second-order valence-corrected chi connectivity index (χ2v) is 6.49. The van der Waals surface area contributed by atoms with Crippen molar-refractivity contribution in [2.45, 2.75) is 52.9 Å². The van der Waals surface area contributed by atoms with E-state index in [1.165, 1.54) is 37.7 Å². The van der Waals surface area contributed by atoms with Gasteiger partial charge in [0.05, 0.1) is 0 Å². The molecule has 0 aromatic heterocycles. The predicted octanol–water partition coefficient (Wildman–Crippen LogP) is 4.73. The molecule has 2 unspecified atom stereocenters. The lowest BCUT2D eigenvalue weighted by atomic mass is 9.55. The summed E-state index contributed by atoms with van der Waals surface area (Å²) in [5.74, 6) is 0.748. The van der Waals surface area contributed by atoms with Crippen LogP contribution in [0.5, 0.6) is 0 Å². The third-order valence-electron chi connectivity index (χ3n) is 4.70. The van der Waals surface area contributed by atoms with Gasteiger partial charge in [-0.1, -0.05) is 51.5 Å². The van der Waals surface area contributed by atoms with Crippen molar-refractivity contribution in [3.63, 3.8) is 0 Å². The molecule has 0 aliphatic heterocycles. The van der Waals surface area contributed by atoms with Gasteiger partial charge in [0, 0.05) is 0 Å². The SMILES string of the molecule is C=C1C=CC2C(C)(C)CCCC2(C)CC1. The fourth-order valence-corrected chi connectivity index (χ4v) is 3.74. The highest BCUT2D eigenvalue weighted by Crippen LogP contribution is 2.55. The van der Waals surface area contributed by atoms with Crippen LogP contribution >= 0.6 is 0 Å². The molecule has 1 fully saturated rings. The molecule has 0 radical (unpaired) electrons. The molecule has 0 saturated heterocycles. The average molecular weight is 204 g/mol. The third kappa shape index (κ3) is 1.91. The average Bonchev–Trinajstić information content (AvgIpc) is 2.27. The van der Waals surface area contributed by atoms with E-state index in [2.05, 4.69) is 39.5 Å². The molecule has 0 N–H and O–H groups in total. The van der Waals surface area contributed by atoms with Crippen LogP contribution in [-0.4, -0.2) is 0 Å². The van der Waals surface area contributed by atoms with Crippen LogP contribution in [0.15, 0.2) is 24.3 Å². The molecule has 0 nitrogen and oxygen atoms in total. The van der Waals surface area contributed by atoms with Crippen molar-refractivity contribution in [1.29, 1.82) is 0 Å². The molecule has 0 amide bonds. The van der Waals surface area contributed by atoms with Gasteiger partial charge >= 0.3 is 0 Å². The first-order chi connectivity index (χ1) is 6.94. The Labute approximate surface area is 94.5 Å². The molecule has 0 heterocycles. The lowest BCUT2D eigenvalue weighted by Crippen LogP contribution is -2.40. The van der Waals surface area contributed by atoms with Crippen LogP contribution in [0.4, 0.5) is 0 Å². The molecule has 15 heavy (non-hydrogen) atoms. The minimum Gasteiger partial charge on any atom is -0.0958 e. The van der Waals surface area contributed by atoms with E-state index in [1.807, 2.05) is 0 Å². The second-order valence-electron chi connectivity index (χ2n) is 6.49. The minimum atomic E-state index is 0.480. The number of rotatable bonds is 0. The summed E-state index contributed by atoms with van der Waals surface area (Å²) in [4.78, 5) is 0. The Morgan fingerprint density at radius 1 is 1.20 bits per heavy atom. The number of allylic oxidation sites excluding steroid dienone is 3. The van der Waals surface area contributed by atoms with Crippen molar-refractivity contribution in [2.24, 2.45) is 16.7 Å². The Bertz CT molecular complexity index is 295. The normalized spacial score (nSPS) is 39.7. The van der Waals surface area contributed by atoms with Gasteiger partial charge < -0.3 is 0 Å². The van der Waals surface area contributed by atoms with Gasteiger partial charge in [0.25, 0.3) is 0 Å². The molecule has 0 aromatic carbocycles. The van der Waals surface area contributed by atoms with Crippen LogP contribution in [0.25, 0.3) is 0 Å². The fourth-order valence-electron chi connectivity index (χ4n) is 3.74. The highest BCUT2D eigenvalue weighted by Gasteiger charge is 2.45. The maximum atomic E-state index is 4.12. The van der Waals surface area contributed by atoms with Crippen molar-refractivity contribution >= 4 is 0 Å². The van der Waals surface area contributed by atoms with Crippen LogP contribution < -0.4 is 0 Å². The zero-order valence-corrected chi connectivity index (χ0v) is 10.5. The maximum Gasteiger partial charge on any atom is -0.0125 e. The smallest absolute Gasteiger partial charge is 0.0125 e. The van der Waals surface area contributed by atoms with Crippen molar-refractivity contribution in [3.05, 3.63) is 24.3 Å². The highest BCUT2D eigenvalue weighted by atomic mass is 14.5. The summed E-state index contributed by atoms with van der Waals surface area (Å²) in [6.45, 7) is 11.5. The molecular formula is C15H24. The summed E-state index contributed by atoms with van der Waals surface area (Å²) in [5, 5.41) is 0. The number of hydrogen-bond acceptors (Lipinski definition) is 0. The summed E-state index contributed by atoms with van der Waals surface area (Å²) in [7, 11) is 0. The van der Waals surface area contributed by atoms with Gasteiger partial charge in [0.1, 0.15) is 0 Å². The molecule has 2 aliphatic carbocycles. The molecule has 0 bridgehead atoms. The number of fused-ring (bicyclic) bond motifs is 1. The van der Waals surface area contributed by atoms with Gasteiger partial charge in [-0.25, -0.2) is 0 Å². The highest BCUT2D eigenvalue weighted by molar-refractivity contribution is 5.21. The van der Waals surface area contributed by atoms with Crippen LogP contribution in [0.1, 0.15) is 52.9 Å². The fraction of sp³-hybridized carbons (Fsp3) is 0.733. The summed E-state index contributed by atoms with van der Waals surface area (Å²) in [6.07, 6.45) is 11.4.